The van der Waals surface area contributed by atoms with Gasteiger partial charge in [0.2, 0.25) is 0 Å². The Bertz CT molecular complexity index is 254. The van der Waals surface area contributed by atoms with Crippen molar-refractivity contribution >= 4 is 18.9 Å². The first kappa shape index (κ1) is 12.2. The summed E-state index contributed by atoms with van der Waals surface area (Å²) in [7, 11) is 0.690. The quantitative estimate of drug-likeness (QED) is 0.613. The minimum atomic E-state index is -0.969. The van der Waals surface area contributed by atoms with E-state index in [0.717, 1.165) is 12.8 Å². The molecule has 15 heavy (non-hydrogen) atoms. The number of rotatable bonds is 6. The van der Waals surface area contributed by atoms with Gasteiger partial charge in [-0.25, -0.2) is 0 Å². The molecule has 0 unspecified atom stereocenters. The fourth-order valence-electron chi connectivity index (χ4n) is 1.31. The van der Waals surface area contributed by atoms with Crippen molar-refractivity contribution in [2.45, 2.75) is 25.6 Å². The SMILES string of the molecule is CC(=O)CN(C)CC(=O)OB(O)C1CC1. The third-order valence-electron chi connectivity index (χ3n) is 2.17. The summed E-state index contributed by atoms with van der Waals surface area (Å²) in [6, 6.07) is 0. The molecule has 0 aromatic heterocycles. The first-order chi connectivity index (χ1) is 6.99. The molecular formula is C9H16BNO4. The Hall–Kier alpha value is -0.875. The summed E-state index contributed by atoms with van der Waals surface area (Å²) in [5.74, 6) is -0.377. The van der Waals surface area contributed by atoms with E-state index < -0.39 is 13.1 Å². The van der Waals surface area contributed by atoms with Crippen LogP contribution in [0.4, 0.5) is 0 Å². The molecule has 0 aromatic rings. The molecule has 1 rings (SSSR count). The Kier molecular flexibility index (Phi) is 4.29. The van der Waals surface area contributed by atoms with Crippen LogP contribution in [0, 0.1) is 0 Å². The molecule has 1 fully saturated rings. The van der Waals surface area contributed by atoms with Gasteiger partial charge in [0.05, 0.1) is 13.1 Å². The van der Waals surface area contributed by atoms with Crippen molar-refractivity contribution in [3.8, 4) is 0 Å². The molecule has 0 amide bonds. The second-order valence-electron chi connectivity index (χ2n) is 4.09. The smallest absolute Gasteiger partial charge is 0.508 e. The van der Waals surface area contributed by atoms with Crippen molar-refractivity contribution in [2.24, 2.45) is 0 Å². The van der Waals surface area contributed by atoms with Crippen LogP contribution in [0.5, 0.6) is 0 Å². The maximum absolute atomic E-state index is 11.2. The van der Waals surface area contributed by atoms with Gasteiger partial charge in [0.1, 0.15) is 5.78 Å². The van der Waals surface area contributed by atoms with E-state index in [1.165, 1.54) is 6.92 Å². The van der Waals surface area contributed by atoms with E-state index >= 15 is 0 Å². The van der Waals surface area contributed by atoms with E-state index in [1.54, 1.807) is 11.9 Å². The molecule has 0 bridgehead atoms. The molecule has 1 N–H and O–H groups in total. The van der Waals surface area contributed by atoms with Crippen LogP contribution in [-0.4, -0.2) is 48.9 Å². The number of ketones is 1. The maximum Gasteiger partial charge on any atom is 0.527 e. The largest absolute Gasteiger partial charge is 0.527 e. The van der Waals surface area contributed by atoms with E-state index in [-0.39, 0.29) is 24.7 Å². The second-order valence-corrected chi connectivity index (χ2v) is 4.09. The van der Waals surface area contributed by atoms with E-state index in [0.29, 0.717) is 0 Å². The van der Waals surface area contributed by atoms with Gasteiger partial charge in [-0.2, -0.15) is 0 Å². The summed E-state index contributed by atoms with van der Waals surface area (Å²) in [5, 5.41) is 9.33. The van der Waals surface area contributed by atoms with Crippen LogP contribution >= 0.6 is 0 Å². The molecule has 0 saturated heterocycles. The molecular weight excluding hydrogens is 197 g/mol. The van der Waals surface area contributed by atoms with E-state index in [4.69, 9.17) is 4.65 Å². The van der Waals surface area contributed by atoms with Gasteiger partial charge in [0.25, 0.3) is 0 Å². The standard InChI is InChI=1S/C9H16BNO4/c1-7(12)5-11(2)6-9(13)15-10(14)8-3-4-8/h8,14H,3-6H2,1-2H3. The van der Waals surface area contributed by atoms with Crippen molar-refractivity contribution in [1.29, 1.82) is 0 Å². The molecule has 0 spiro atoms. The average Bonchev–Trinajstić information content (AvgIpc) is 2.82. The lowest BCUT2D eigenvalue weighted by molar-refractivity contribution is -0.136. The van der Waals surface area contributed by atoms with E-state index in [1.807, 2.05) is 0 Å². The van der Waals surface area contributed by atoms with Crippen LogP contribution < -0.4 is 0 Å². The van der Waals surface area contributed by atoms with Gasteiger partial charge in [-0.05, 0) is 14.0 Å². The van der Waals surface area contributed by atoms with Crippen LogP contribution in [0.3, 0.4) is 0 Å². The Labute approximate surface area is 89.5 Å². The molecule has 0 aromatic carbocycles. The lowest BCUT2D eigenvalue weighted by atomic mass is 9.83. The van der Waals surface area contributed by atoms with Gasteiger partial charge in [-0.1, -0.05) is 12.8 Å². The Morgan fingerprint density at radius 1 is 1.47 bits per heavy atom. The molecule has 5 nitrogen and oxygen atoms in total. The molecule has 0 aliphatic heterocycles. The Morgan fingerprint density at radius 2 is 2.07 bits per heavy atom. The van der Waals surface area contributed by atoms with Crippen molar-refractivity contribution in [1.82, 2.24) is 4.90 Å². The highest BCUT2D eigenvalue weighted by Gasteiger charge is 2.39. The highest BCUT2D eigenvalue weighted by atomic mass is 16.6. The third kappa shape index (κ3) is 4.94. The van der Waals surface area contributed by atoms with Crippen LogP contribution in [0.15, 0.2) is 0 Å². The summed E-state index contributed by atoms with van der Waals surface area (Å²) in [6.45, 7) is 1.71. The summed E-state index contributed by atoms with van der Waals surface area (Å²) in [5.41, 5.74) is 0. The summed E-state index contributed by atoms with van der Waals surface area (Å²) >= 11 is 0. The molecule has 0 radical (unpaired) electrons. The minimum absolute atomic E-state index is 0.00644. The molecule has 84 valence electrons. The van der Waals surface area contributed by atoms with E-state index in [9.17, 15) is 14.6 Å². The fourth-order valence-corrected chi connectivity index (χ4v) is 1.31. The number of Topliss-reactive ketones (excluding diaryl/α,β-unsaturated/α-hetero) is 1. The summed E-state index contributed by atoms with van der Waals surface area (Å²) in [6.07, 6.45) is 1.83. The zero-order valence-corrected chi connectivity index (χ0v) is 9.10. The lowest BCUT2D eigenvalue weighted by Crippen LogP contribution is -2.34. The number of hydrogen-bond acceptors (Lipinski definition) is 5. The van der Waals surface area contributed by atoms with Crippen molar-refractivity contribution in [3.05, 3.63) is 0 Å². The van der Waals surface area contributed by atoms with Gasteiger partial charge in [-0.15, -0.1) is 0 Å². The van der Waals surface area contributed by atoms with Gasteiger partial charge >= 0.3 is 13.1 Å². The molecule has 0 atom stereocenters. The zero-order chi connectivity index (χ0) is 11.4. The number of nitrogens with zero attached hydrogens (tertiary/aromatic N) is 1. The fraction of sp³-hybridized carbons (Fsp3) is 0.778. The Balaban J connectivity index is 2.19. The van der Waals surface area contributed by atoms with Gasteiger partial charge in [-0.3, -0.25) is 14.5 Å². The van der Waals surface area contributed by atoms with Crippen molar-refractivity contribution in [2.75, 3.05) is 20.1 Å². The zero-order valence-electron chi connectivity index (χ0n) is 9.10. The third-order valence-corrected chi connectivity index (χ3v) is 2.17. The normalized spacial score (nSPS) is 15.2. The molecule has 1 saturated carbocycles. The van der Waals surface area contributed by atoms with Gasteiger partial charge in [0, 0.05) is 5.82 Å². The average molecular weight is 213 g/mol. The number of likely N-dealkylation sites (N-methyl/N-ethyl adjacent to an activating group) is 1. The number of carbonyl (C=O) groups excluding carboxylic acids is 2. The topological polar surface area (TPSA) is 66.8 Å². The number of carbonyl (C=O) groups is 2. The van der Waals surface area contributed by atoms with Crippen LogP contribution in [0.2, 0.25) is 5.82 Å². The number of hydrogen-bond donors (Lipinski definition) is 1. The molecule has 0 heterocycles. The molecule has 1 aliphatic rings. The summed E-state index contributed by atoms with van der Waals surface area (Å²) in [4.78, 5) is 23.5. The lowest BCUT2D eigenvalue weighted by Gasteiger charge is -2.14. The van der Waals surface area contributed by atoms with Crippen LogP contribution in [-0.2, 0) is 14.2 Å². The van der Waals surface area contributed by atoms with Crippen LogP contribution in [0.25, 0.3) is 0 Å². The predicted molar refractivity (Wildman–Crippen MR) is 55.2 cm³/mol. The first-order valence-corrected chi connectivity index (χ1v) is 5.04. The van der Waals surface area contributed by atoms with Gasteiger partial charge < -0.3 is 9.68 Å². The molecule has 1 aliphatic carbocycles. The highest BCUT2D eigenvalue weighted by molar-refractivity contribution is 6.48. The summed E-state index contributed by atoms with van der Waals surface area (Å²) < 4.78 is 4.79. The monoisotopic (exact) mass is 213 g/mol. The Morgan fingerprint density at radius 3 is 2.53 bits per heavy atom. The second kappa shape index (κ2) is 5.28. The minimum Gasteiger partial charge on any atom is -0.508 e. The van der Waals surface area contributed by atoms with Gasteiger partial charge in [0.15, 0.2) is 0 Å². The van der Waals surface area contributed by atoms with Crippen molar-refractivity contribution in [3.63, 3.8) is 0 Å². The molecule has 6 heteroatoms. The van der Waals surface area contributed by atoms with E-state index in [2.05, 4.69) is 0 Å². The van der Waals surface area contributed by atoms with Crippen LogP contribution in [0.1, 0.15) is 19.8 Å². The highest BCUT2D eigenvalue weighted by Crippen LogP contribution is 2.38. The first-order valence-electron chi connectivity index (χ1n) is 5.04. The predicted octanol–water partition coefficient (Wildman–Crippen LogP) is -0.305. The van der Waals surface area contributed by atoms with Crippen molar-refractivity contribution < 1.29 is 19.3 Å². The maximum atomic E-state index is 11.2.